The van der Waals surface area contributed by atoms with Gasteiger partial charge in [-0.1, -0.05) is 24.6 Å². The van der Waals surface area contributed by atoms with Crippen molar-refractivity contribution in [1.29, 1.82) is 0 Å². The van der Waals surface area contributed by atoms with Crippen LogP contribution in [0.4, 0.5) is 4.79 Å². The summed E-state index contributed by atoms with van der Waals surface area (Å²) in [4.78, 5) is 35.6. The summed E-state index contributed by atoms with van der Waals surface area (Å²) in [6.45, 7) is 1.12. The summed E-state index contributed by atoms with van der Waals surface area (Å²) < 4.78 is 7.01. The van der Waals surface area contributed by atoms with Crippen molar-refractivity contribution in [3.05, 3.63) is 10.5 Å². The zero-order valence-electron chi connectivity index (χ0n) is 14.0. The zero-order chi connectivity index (χ0) is 17.6. The number of aromatic nitrogens is 3. The molecule has 0 unspecified atom stereocenters. The van der Waals surface area contributed by atoms with Gasteiger partial charge in [0.15, 0.2) is 5.16 Å². The van der Waals surface area contributed by atoms with Crippen LogP contribution in [0.25, 0.3) is 0 Å². The SMILES string of the molecule is O=C(CSc1n[nH]c(=O)n1C[C@@H]1CCCO1)NC(=O)NC1CCCC1. The second-order valence-corrected chi connectivity index (χ2v) is 7.29. The number of nitrogens with zero attached hydrogens (tertiary/aromatic N) is 2. The number of rotatable bonds is 6. The van der Waals surface area contributed by atoms with Gasteiger partial charge in [0.2, 0.25) is 5.91 Å². The van der Waals surface area contributed by atoms with Crippen molar-refractivity contribution in [2.24, 2.45) is 0 Å². The van der Waals surface area contributed by atoms with Crippen LogP contribution in [0.15, 0.2) is 9.95 Å². The molecule has 1 aromatic heterocycles. The summed E-state index contributed by atoms with van der Waals surface area (Å²) in [6, 6.07) is -0.306. The average molecular weight is 369 g/mol. The average Bonchev–Trinajstić information content (AvgIpc) is 3.31. The van der Waals surface area contributed by atoms with Crippen LogP contribution in [0.5, 0.6) is 0 Å². The summed E-state index contributed by atoms with van der Waals surface area (Å²) in [6.07, 6.45) is 6.02. The molecule has 1 saturated carbocycles. The van der Waals surface area contributed by atoms with Crippen LogP contribution in [0, 0.1) is 0 Å². The molecule has 0 aromatic carbocycles. The van der Waals surface area contributed by atoms with Gasteiger partial charge in [0, 0.05) is 12.6 Å². The normalized spacial score (nSPS) is 20.7. The fraction of sp³-hybridized carbons (Fsp3) is 0.733. The number of urea groups is 1. The number of amides is 3. The van der Waals surface area contributed by atoms with Crippen LogP contribution in [0.2, 0.25) is 0 Å². The van der Waals surface area contributed by atoms with Crippen molar-refractivity contribution in [3.63, 3.8) is 0 Å². The number of thioether (sulfide) groups is 1. The molecule has 1 aromatic rings. The van der Waals surface area contributed by atoms with E-state index < -0.39 is 11.9 Å². The lowest BCUT2D eigenvalue weighted by Gasteiger charge is -2.12. The maximum Gasteiger partial charge on any atom is 0.344 e. The summed E-state index contributed by atoms with van der Waals surface area (Å²) in [5, 5.41) is 11.9. The highest BCUT2D eigenvalue weighted by molar-refractivity contribution is 7.99. The van der Waals surface area contributed by atoms with E-state index in [0.717, 1.165) is 50.3 Å². The number of imide groups is 1. The molecule has 1 aliphatic carbocycles. The van der Waals surface area contributed by atoms with E-state index in [1.54, 1.807) is 0 Å². The number of H-pyrrole nitrogens is 1. The first-order valence-electron chi connectivity index (χ1n) is 8.62. The Hall–Kier alpha value is -1.81. The van der Waals surface area contributed by atoms with Gasteiger partial charge >= 0.3 is 11.7 Å². The van der Waals surface area contributed by atoms with Crippen molar-refractivity contribution >= 4 is 23.7 Å². The fourth-order valence-corrected chi connectivity index (χ4v) is 3.91. The van der Waals surface area contributed by atoms with Crippen LogP contribution < -0.4 is 16.3 Å². The molecule has 25 heavy (non-hydrogen) atoms. The Kier molecular flexibility index (Phi) is 6.14. The van der Waals surface area contributed by atoms with E-state index in [1.165, 1.54) is 4.57 Å². The summed E-state index contributed by atoms with van der Waals surface area (Å²) in [5.41, 5.74) is -0.322. The van der Waals surface area contributed by atoms with Crippen LogP contribution in [-0.4, -0.2) is 51.2 Å². The first-order chi connectivity index (χ1) is 12.1. The lowest BCUT2D eigenvalue weighted by Crippen LogP contribution is -2.44. The Morgan fingerprint density at radius 2 is 2.08 bits per heavy atom. The van der Waals surface area contributed by atoms with Crippen LogP contribution in [-0.2, 0) is 16.1 Å². The number of aromatic amines is 1. The number of carbonyl (C=O) groups is 2. The van der Waals surface area contributed by atoms with E-state index in [9.17, 15) is 14.4 Å². The fourth-order valence-electron chi connectivity index (χ4n) is 3.15. The predicted molar refractivity (Wildman–Crippen MR) is 91.5 cm³/mol. The van der Waals surface area contributed by atoms with Crippen LogP contribution in [0.1, 0.15) is 38.5 Å². The van der Waals surface area contributed by atoms with E-state index in [4.69, 9.17) is 4.74 Å². The van der Waals surface area contributed by atoms with Crippen LogP contribution >= 0.6 is 11.8 Å². The second kappa shape index (κ2) is 8.52. The molecule has 1 saturated heterocycles. The van der Waals surface area contributed by atoms with Gasteiger partial charge in [-0.3, -0.25) is 14.7 Å². The molecule has 10 heteroatoms. The quantitative estimate of drug-likeness (QED) is 0.633. The molecule has 0 radical (unpaired) electrons. The van der Waals surface area contributed by atoms with Gasteiger partial charge in [-0.25, -0.2) is 14.7 Å². The molecule has 9 nitrogen and oxygen atoms in total. The molecule has 1 aliphatic heterocycles. The maximum absolute atomic E-state index is 11.9. The van der Waals surface area contributed by atoms with Gasteiger partial charge in [-0.05, 0) is 25.7 Å². The molecule has 0 spiro atoms. The highest BCUT2D eigenvalue weighted by Gasteiger charge is 2.21. The summed E-state index contributed by atoms with van der Waals surface area (Å²) >= 11 is 1.12. The van der Waals surface area contributed by atoms with Crippen molar-refractivity contribution < 1.29 is 14.3 Å². The Labute approximate surface area is 149 Å². The standard InChI is InChI=1S/C15H23N5O4S/c21-12(17-13(22)16-10-4-1-2-5-10)9-25-15-19-18-14(23)20(15)8-11-6-3-7-24-11/h10-11H,1-9H2,(H,18,23)(H2,16,17,21,22)/t11-/m0/s1. The molecule has 138 valence electrons. The van der Waals surface area contributed by atoms with Crippen LogP contribution in [0.3, 0.4) is 0 Å². The zero-order valence-corrected chi connectivity index (χ0v) is 14.8. The van der Waals surface area contributed by atoms with Gasteiger partial charge < -0.3 is 10.1 Å². The highest BCUT2D eigenvalue weighted by atomic mass is 32.2. The molecule has 3 N–H and O–H groups in total. The van der Waals surface area contributed by atoms with Gasteiger partial charge in [0.25, 0.3) is 0 Å². The third-order valence-electron chi connectivity index (χ3n) is 4.41. The monoisotopic (exact) mass is 369 g/mol. The van der Waals surface area contributed by atoms with E-state index in [2.05, 4.69) is 20.8 Å². The Morgan fingerprint density at radius 1 is 1.28 bits per heavy atom. The number of ether oxygens (including phenoxy) is 1. The largest absolute Gasteiger partial charge is 0.376 e. The lowest BCUT2D eigenvalue weighted by molar-refractivity contribution is -0.117. The van der Waals surface area contributed by atoms with Gasteiger partial charge in [0.05, 0.1) is 18.4 Å². The lowest BCUT2D eigenvalue weighted by atomic mass is 10.2. The highest BCUT2D eigenvalue weighted by Crippen LogP contribution is 2.18. The van der Waals surface area contributed by atoms with E-state index in [-0.39, 0.29) is 23.6 Å². The smallest absolute Gasteiger partial charge is 0.344 e. The topological polar surface area (TPSA) is 118 Å². The number of hydrogen-bond acceptors (Lipinski definition) is 6. The molecule has 0 bridgehead atoms. The maximum atomic E-state index is 11.9. The molecular weight excluding hydrogens is 346 g/mol. The Bertz CT molecular complexity index is 661. The second-order valence-electron chi connectivity index (χ2n) is 6.35. The molecule has 2 heterocycles. The van der Waals surface area contributed by atoms with Crippen molar-refractivity contribution in [2.75, 3.05) is 12.4 Å². The first-order valence-corrected chi connectivity index (χ1v) is 9.60. The number of hydrogen-bond donors (Lipinski definition) is 3. The van der Waals surface area contributed by atoms with Gasteiger partial charge in [-0.2, -0.15) is 0 Å². The molecule has 3 amide bonds. The Balaban J connectivity index is 1.46. The van der Waals surface area contributed by atoms with Crippen molar-refractivity contribution in [2.45, 2.75) is 62.4 Å². The van der Waals surface area contributed by atoms with Crippen molar-refractivity contribution in [1.82, 2.24) is 25.4 Å². The van der Waals surface area contributed by atoms with E-state index in [1.807, 2.05) is 0 Å². The van der Waals surface area contributed by atoms with Gasteiger partial charge in [0.1, 0.15) is 0 Å². The molecule has 2 aliphatic rings. The summed E-state index contributed by atoms with van der Waals surface area (Å²) in [7, 11) is 0. The molecule has 3 rings (SSSR count). The number of nitrogens with one attached hydrogen (secondary N) is 3. The molecule has 1 atom stereocenters. The minimum absolute atomic E-state index is 0.000617. The molecular formula is C15H23N5O4S. The van der Waals surface area contributed by atoms with E-state index in [0.29, 0.717) is 18.3 Å². The molecule has 2 fully saturated rings. The minimum atomic E-state index is -0.462. The third-order valence-corrected chi connectivity index (χ3v) is 5.39. The van der Waals surface area contributed by atoms with Gasteiger partial charge in [-0.15, -0.1) is 5.10 Å². The number of carbonyl (C=O) groups excluding carboxylic acids is 2. The van der Waals surface area contributed by atoms with Crippen molar-refractivity contribution in [3.8, 4) is 0 Å². The van der Waals surface area contributed by atoms with E-state index >= 15 is 0 Å². The Morgan fingerprint density at radius 3 is 2.80 bits per heavy atom. The third kappa shape index (κ3) is 5.08. The summed E-state index contributed by atoms with van der Waals surface area (Å²) in [5.74, 6) is -0.409. The first kappa shape index (κ1) is 18.0. The minimum Gasteiger partial charge on any atom is -0.376 e. The predicted octanol–water partition coefficient (Wildman–Crippen LogP) is 0.611.